The summed E-state index contributed by atoms with van der Waals surface area (Å²) < 4.78 is 51.0. The highest BCUT2D eigenvalue weighted by Crippen LogP contribution is 2.47. The van der Waals surface area contributed by atoms with E-state index in [1.807, 2.05) is 0 Å². The van der Waals surface area contributed by atoms with Crippen LogP contribution in [0.4, 0.5) is 14.0 Å². The molecule has 1 saturated heterocycles. The zero-order valence-electron chi connectivity index (χ0n) is 16.7. The Morgan fingerprint density at radius 1 is 1.07 bits per heavy atom. The highest BCUT2D eigenvalue weighted by molar-refractivity contribution is 7.91. The highest BCUT2D eigenvalue weighted by Gasteiger charge is 2.61. The van der Waals surface area contributed by atoms with E-state index in [0.717, 1.165) is 0 Å². The summed E-state index contributed by atoms with van der Waals surface area (Å²) in [4.78, 5) is 26.1. The van der Waals surface area contributed by atoms with Crippen molar-refractivity contribution < 1.29 is 31.9 Å². The van der Waals surface area contributed by atoms with E-state index in [1.165, 1.54) is 4.90 Å². The van der Waals surface area contributed by atoms with Crippen molar-refractivity contribution in [3.63, 3.8) is 0 Å². The topological polar surface area (TPSA) is 93.2 Å². The summed E-state index contributed by atoms with van der Waals surface area (Å²) in [5.41, 5.74) is -1.65. The number of hydrogen-bond acceptors (Lipinski definition) is 6. The molecular weight excluding hydrogens is 379 g/mol. The molecule has 0 aromatic heterocycles. The molecule has 0 aromatic carbocycles. The Balaban J connectivity index is 2.22. The lowest BCUT2D eigenvalue weighted by molar-refractivity contribution is 0.0243. The fourth-order valence-corrected chi connectivity index (χ4v) is 4.48. The van der Waals surface area contributed by atoms with Gasteiger partial charge in [-0.3, -0.25) is 0 Å². The van der Waals surface area contributed by atoms with Crippen LogP contribution in [-0.4, -0.2) is 65.1 Å². The smallest absolute Gasteiger partial charge is 0.424 e. The summed E-state index contributed by atoms with van der Waals surface area (Å²) in [6.45, 7) is 10.1. The lowest BCUT2D eigenvalue weighted by Gasteiger charge is -2.32. The summed E-state index contributed by atoms with van der Waals surface area (Å²) in [7, 11) is -4.55. The van der Waals surface area contributed by atoms with E-state index < -0.39 is 44.5 Å². The van der Waals surface area contributed by atoms with Gasteiger partial charge in [0.15, 0.2) is 0 Å². The molecule has 0 N–H and O–H groups in total. The van der Waals surface area contributed by atoms with Gasteiger partial charge in [0, 0.05) is 25.9 Å². The average Bonchev–Trinajstić information content (AvgIpc) is 3.02. The summed E-state index contributed by atoms with van der Waals surface area (Å²) in [6, 6.07) is -0.898. The van der Waals surface area contributed by atoms with Gasteiger partial charge in [-0.2, -0.15) is 4.31 Å². The number of rotatable bonds is 3. The van der Waals surface area contributed by atoms with Gasteiger partial charge >= 0.3 is 12.2 Å². The van der Waals surface area contributed by atoms with Crippen LogP contribution in [0, 0.1) is 0 Å². The van der Waals surface area contributed by atoms with Crippen LogP contribution >= 0.6 is 0 Å². The fraction of sp³-hybridized carbons (Fsp3) is 0.882. The monoisotopic (exact) mass is 408 g/mol. The van der Waals surface area contributed by atoms with Gasteiger partial charge in [0.2, 0.25) is 5.00 Å². The molecule has 27 heavy (non-hydrogen) atoms. The van der Waals surface area contributed by atoms with Crippen molar-refractivity contribution in [1.29, 1.82) is 0 Å². The largest absolute Gasteiger partial charge is 0.444 e. The SMILES string of the molecule is CC(C)(C)OC(=O)N1CC[C@H](N(C(=O)OC(C)(C)C)S(=O)(=O)C2(F)CC2)C1. The Labute approximate surface area is 160 Å². The maximum atomic E-state index is 14.5. The second-order valence-corrected chi connectivity index (χ2v) is 11.1. The molecule has 0 bridgehead atoms. The number of likely N-dealkylation sites (tertiary alicyclic amines) is 1. The first-order valence-electron chi connectivity index (χ1n) is 9.00. The minimum Gasteiger partial charge on any atom is -0.444 e. The van der Waals surface area contributed by atoms with Gasteiger partial charge in [-0.1, -0.05) is 0 Å². The maximum Gasteiger partial charge on any atom is 0.424 e. The third-order valence-electron chi connectivity index (χ3n) is 4.08. The Bertz CT molecular complexity index is 706. The highest BCUT2D eigenvalue weighted by atomic mass is 32.2. The van der Waals surface area contributed by atoms with Gasteiger partial charge in [-0.15, -0.1) is 0 Å². The number of ether oxygens (including phenoxy) is 2. The molecule has 0 unspecified atom stereocenters. The normalized spacial score (nSPS) is 22.3. The Kier molecular flexibility index (Phi) is 5.46. The van der Waals surface area contributed by atoms with E-state index in [2.05, 4.69) is 0 Å². The van der Waals surface area contributed by atoms with Crippen molar-refractivity contribution in [3.05, 3.63) is 0 Å². The zero-order valence-corrected chi connectivity index (χ0v) is 17.6. The molecular formula is C17H29FN2O6S. The van der Waals surface area contributed by atoms with Crippen molar-refractivity contribution in [2.45, 2.75) is 83.0 Å². The van der Waals surface area contributed by atoms with E-state index in [1.54, 1.807) is 41.5 Å². The number of amides is 2. The molecule has 1 saturated carbocycles. The third-order valence-corrected chi connectivity index (χ3v) is 6.38. The number of sulfonamides is 1. The van der Waals surface area contributed by atoms with Crippen molar-refractivity contribution in [2.75, 3.05) is 13.1 Å². The molecule has 2 fully saturated rings. The number of carbonyl (C=O) groups excluding carboxylic acids is 2. The van der Waals surface area contributed by atoms with E-state index in [9.17, 15) is 22.4 Å². The van der Waals surface area contributed by atoms with Crippen LogP contribution in [0.25, 0.3) is 0 Å². The Morgan fingerprint density at radius 2 is 1.59 bits per heavy atom. The van der Waals surface area contributed by atoms with Crippen molar-refractivity contribution in [3.8, 4) is 0 Å². The number of nitrogens with zero attached hydrogens (tertiary/aromatic N) is 2. The van der Waals surface area contributed by atoms with Crippen LogP contribution in [-0.2, 0) is 19.5 Å². The van der Waals surface area contributed by atoms with Crippen LogP contribution in [0.1, 0.15) is 60.8 Å². The van der Waals surface area contributed by atoms with E-state index in [4.69, 9.17) is 9.47 Å². The molecule has 2 rings (SSSR count). The molecule has 0 radical (unpaired) electrons. The molecule has 0 spiro atoms. The van der Waals surface area contributed by atoms with E-state index >= 15 is 0 Å². The van der Waals surface area contributed by atoms with Gasteiger partial charge in [-0.05, 0) is 48.0 Å². The molecule has 1 aliphatic carbocycles. The fourth-order valence-electron chi connectivity index (χ4n) is 2.71. The summed E-state index contributed by atoms with van der Waals surface area (Å²) in [5.74, 6) is 0. The van der Waals surface area contributed by atoms with Crippen LogP contribution in [0.2, 0.25) is 0 Å². The third kappa shape index (κ3) is 5.03. The molecule has 2 aliphatic rings. The predicted octanol–water partition coefficient (Wildman–Crippen LogP) is 3.02. The van der Waals surface area contributed by atoms with Crippen LogP contribution in [0.5, 0.6) is 0 Å². The first kappa shape index (κ1) is 21.7. The Hall–Kier alpha value is -1.58. The van der Waals surface area contributed by atoms with Gasteiger partial charge in [0.25, 0.3) is 10.0 Å². The number of hydrogen-bond donors (Lipinski definition) is 0. The van der Waals surface area contributed by atoms with E-state index in [-0.39, 0.29) is 32.4 Å². The lowest BCUT2D eigenvalue weighted by Crippen LogP contribution is -2.51. The number of carbonyl (C=O) groups is 2. The standard InChI is InChI=1S/C17H29FN2O6S/c1-15(2,3)25-13(21)19-10-7-12(11-19)20(14(22)26-16(4,5)6)27(23,24)17(18)8-9-17/h12H,7-11H2,1-6H3/t12-/m0/s1. The van der Waals surface area contributed by atoms with Crippen molar-refractivity contribution in [1.82, 2.24) is 9.21 Å². The molecule has 8 nitrogen and oxygen atoms in total. The molecule has 2 amide bonds. The zero-order chi connectivity index (χ0) is 20.8. The van der Waals surface area contributed by atoms with Crippen molar-refractivity contribution in [2.24, 2.45) is 0 Å². The molecule has 1 aliphatic heterocycles. The number of alkyl halides is 1. The molecule has 0 aromatic rings. The first-order chi connectivity index (χ1) is 12.1. The predicted molar refractivity (Wildman–Crippen MR) is 96.3 cm³/mol. The quantitative estimate of drug-likeness (QED) is 0.713. The first-order valence-corrected chi connectivity index (χ1v) is 10.4. The van der Waals surface area contributed by atoms with Gasteiger partial charge in [-0.25, -0.2) is 22.4 Å². The molecule has 10 heteroatoms. The molecule has 1 heterocycles. The van der Waals surface area contributed by atoms with Gasteiger partial charge < -0.3 is 14.4 Å². The Morgan fingerprint density at radius 3 is 2.04 bits per heavy atom. The lowest BCUT2D eigenvalue weighted by atomic mass is 10.2. The number of halogens is 1. The second kappa shape index (κ2) is 6.79. The van der Waals surface area contributed by atoms with E-state index in [0.29, 0.717) is 4.31 Å². The summed E-state index contributed by atoms with van der Waals surface area (Å²) in [5, 5.41) is -2.44. The maximum absolute atomic E-state index is 14.5. The van der Waals surface area contributed by atoms with Crippen LogP contribution < -0.4 is 0 Å². The van der Waals surface area contributed by atoms with Crippen LogP contribution in [0.15, 0.2) is 0 Å². The molecule has 1 atom stereocenters. The average molecular weight is 408 g/mol. The minimum absolute atomic E-state index is 0.0660. The second-order valence-electron chi connectivity index (χ2n) is 9.03. The minimum atomic E-state index is -4.55. The molecule has 156 valence electrons. The summed E-state index contributed by atoms with van der Waals surface area (Å²) >= 11 is 0. The van der Waals surface area contributed by atoms with Gasteiger partial charge in [0.1, 0.15) is 11.2 Å². The summed E-state index contributed by atoms with van der Waals surface area (Å²) in [6.07, 6.45) is -1.85. The van der Waals surface area contributed by atoms with Gasteiger partial charge in [0.05, 0.1) is 6.04 Å². The van der Waals surface area contributed by atoms with Crippen LogP contribution in [0.3, 0.4) is 0 Å². The van der Waals surface area contributed by atoms with Crippen molar-refractivity contribution >= 4 is 22.2 Å².